The number of hydrogen-bond donors (Lipinski definition) is 2. The molecule has 12 heteroatoms. The minimum absolute atomic E-state index is 0.0711. The Morgan fingerprint density at radius 3 is 2.48 bits per heavy atom. The summed E-state index contributed by atoms with van der Waals surface area (Å²) in [5.74, 6) is -0.0711. The van der Waals surface area contributed by atoms with Gasteiger partial charge in [0.15, 0.2) is 0 Å². The highest BCUT2D eigenvalue weighted by atomic mass is 35.5. The number of thiophene rings is 1. The molecule has 0 bridgehead atoms. The van der Waals surface area contributed by atoms with E-state index in [2.05, 4.69) is 15.5 Å². The molecule has 1 saturated heterocycles. The summed E-state index contributed by atoms with van der Waals surface area (Å²) in [5, 5.41) is 5.70. The van der Waals surface area contributed by atoms with Gasteiger partial charge in [0.25, 0.3) is 18.2 Å². The van der Waals surface area contributed by atoms with Crippen LogP contribution >= 0.6 is 22.9 Å². The summed E-state index contributed by atoms with van der Waals surface area (Å²) >= 11 is 7.15. The molecule has 2 saturated carbocycles. The molecule has 216 valence electrons. The van der Waals surface area contributed by atoms with Gasteiger partial charge < -0.3 is 20.3 Å². The van der Waals surface area contributed by atoms with Crippen LogP contribution in [-0.2, 0) is 14.3 Å². The van der Waals surface area contributed by atoms with Crippen LogP contribution in [0.15, 0.2) is 30.3 Å². The molecule has 3 aliphatic rings. The van der Waals surface area contributed by atoms with Crippen molar-refractivity contribution < 1.29 is 27.9 Å². The molecule has 0 radical (unpaired) electrons. The van der Waals surface area contributed by atoms with Gasteiger partial charge in [0.2, 0.25) is 5.91 Å². The van der Waals surface area contributed by atoms with E-state index in [1.807, 2.05) is 0 Å². The van der Waals surface area contributed by atoms with Crippen molar-refractivity contribution in [1.29, 1.82) is 0 Å². The molecule has 3 fully saturated rings. The van der Waals surface area contributed by atoms with Crippen LogP contribution in [0.25, 0.3) is 0 Å². The largest absolute Gasteiger partial charge is 0.370 e. The molecule has 1 atom stereocenters. The van der Waals surface area contributed by atoms with Gasteiger partial charge in [0, 0.05) is 37.4 Å². The Morgan fingerprint density at radius 2 is 1.88 bits per heavy atom. The lowest BCUT2D eigenvalue weighted by atomic mass is 9.84. The number of carbonyl (C=O) groups excluding carboxylic acids is 3. The van der Waals surface area contributed by atoms with Crippen molar-refractivity contribution in [3.63, 3.8) is 0 Å². The second-order valence-electron chi connectivity index (χ2n) is 10.7. The lowest BCUT2D eigenvalue weighted by molar-refractivity contribution is -0.125. The smallest absolute Gasteiger partial charge is 0.265 e. The average Bonchev–Trinajstić information content (AvgIpc) is 3.62. The molecule has 1 aromatic heterocycles. The van der Waals surface area contributed by atoms with Gasteiger partial charge in [-0.05, 0) is 67.9 Å². The van der Waals surface area contributed by atoms with Crippen LogP contribution in [0.5, 0.6) is 0 Å². The number of rotatable bonds is 12. The van der Waals surface area contributed by atoms with E-state index in [1.165, 1.54) is 29.5 Å². The molecule has 0 spiro atoms. The molecule has 40 heavy (non-hydrogen) atoms. The Balaban J connectivity index is 1.35. The first-order chi connectivity index (χ1) is 19.3. The second kappa shape index (κ2) is 12.9. The van der Waals surface area contributed by atoms with E-state index in [9.17, 15) is 23.2 Å². The van der Waals surface area contributed by atoms with E-state index in [1.54, 1.807) is 12.1 Å². The van der Waals surface area contributed by atoms with Gasteiger partial charge in [-0.15, -0.1) is 11.3 Å². The Morgan fingerprint density at radius 1 is 1.12 bits per heavy atom. The van der Waals surface area contributed by atoms with Gasteiger partial charge in [-0.3, -0.25) is 19.3 Å². The van der Waals surface area contributed by atoms with Crippen LogP contribution in [0.1, 0.15) is 53.8 Å². The van der Waals surface area contributed by atoms with Crippen molar-refractivity contribution in [2.45, 2.75) is 44.6 Å². The van der Waals surface area contributed by atoms with Crippen molar-refractivity contribution in [2.75, 3.05) is 49.6 Å². The number of amides is 3. The molecular formula is C28H33ClF2N4O4S. The number of nitrogens with one attached hydrogen (secondary N) is 2. The Bertz CT molecular complexity index is 1240. The minimum atomic E-state index is -2.85. The van der Waals surface area contributed by atoms with Crippen LogP contribution in [-0.4, -0.2) is 68.1 Å². The van der Waals surface area contributed by atoms with E-state index < -0.39 is 12.5 Å². The van der Waals surface area contributed by atoms with Gasteiger partial charge in [-0.1, -0.05) is 18.0 Å². The molecule has 1 aliphatic heterocycles. The summed E-state index contributed by atoms with van der Waals surface area (Å²) in [6, 6.07) is 6.80. The van der Waals surface area contributed by atoms with Gasteiger partial charge in [-0.25, -0.2) is 8.78 Å². The predicted octanol–water partition coefficient (Wildman–Crippen LogP) is 4.95. The molecule has 8 nitrogen and oxygen atoms in total. The van der Waals surface area contributed by atoms with E-state index in [0.717, 1.165) is 50.1 Å². The normalized spacial score (nSPS) is 18.6. The van der Waals surface area contributed by atoms with Gasteiger partial charge in [0.1, 0.15) is 12.6 Å². The molecule has 2 aliphatic carbocycles. The van der Waals surface area contributed by atoms with E-state index in [0.29, 0.717) is 21.0 Å². The molecule has 5 rings (SSSR count). The SMILES string of the molecule is O=C(NC[C@@H](C(=O)Nc1ccc(N2CCOCC2=O)c(C(F)F)c1)N(CC1CCC1)CC1CC1)c1ccc(Cl)s1. The third-order valence-corrected chi connectivity index (χ3v) is 8.94. The number of anilines is 2. The van der Waals surface area contributed by atoms with Gasteiger partial charge in [0.05, 0.1) is 21.5 Å². The van der Waals surface area contributed by atoms with Crippen molar-refractivity contribution in [3.05, 3.63) is 45.1 Å². The van der Waals surface area contributed by atoms with Crippen molar-refractivity contribution in [2.24, 2.45) is 11.8 Å². The molecule has 1 aromatic carbocycles. The molecular weight excluding hydrogens is 562 g/mol. The minimum Gasteiger partial charge on any atom is -0.370 e. The Labute approximate surface area is 241 Å². The summed E-state index contributed by atoms with van der Waals surface area (Å²) < 4.78 is 33.8. The fraction of sp³-hybridized carbons (Fsp3) is 0.536. The number of nitrogens with zero attached hydrogens (tertiary/aromatic N) is 2. The Kier molecular flexibility index (Phi) is 9.34. The molecule has 0 unspecified atom stereocenters. The van der Waals surface area contributed by atoms with Crippen molar-refractivity contribution in [3.8, 4) is 0 Å². The number of morpholine rings is 1. The zero-order valence-corrected chi connectivity index (χ0v) is 23.6. The zero-order valence-electron chi connectivity index (χ0n) is 22.0. The lowest BCUT2D eigenvalue weighted by Crippen LogP contribution is -2.53. The quantitative estimate of drug-likeness (QED) is 0.363. The van der Waals surface area contributed by atoms with Crippen molar-refractivity contribution >= 4 is 52.0 Å². The highest BCUT2D eigenvalue weighted by Crippen LogP contribution is 2.35. The highest BCUT2D eigenvalue weighted by molar-refractivity contribution is 7.18. The number of halogens is 3. The number of benzene rings is 1. The van der Waals surface area contributed by atoms with Crippen LogP contribution in [0.2, 0.25) is 4.34 Å². The highest BCUT2D eigenvalue weighted by Gasteiger charge is 2.35. The van der Waals surface area contributed by atoms with Crippen molar-refractivity contribution in [1.82, 2.24) is 10.2 Å². The van der Waals surface area contributed by atoms with Crippen LogP contribution in [0.3, 0.4) is 0 Å². The van der Waals surface area contributed by atoms with Crippen LogP contribution < -0.4 is 15.5 Å². The van der Waals surface area contributed by atoms with E-state index in [4.69, 9.17) is 16.3 Å². The van der Waals surface area contributed by atoms with Gasteiger partial charge >= 0.3 is 0 Å². The third kappa shape index (κ3) is 7.18. The summed E-state index contributed by atoms with van der Waals surface area (Å²) in [5.41, 5.74) is -0.0158. The second-order valence-corrected chi connectivity index (χ2v) is 12.4. The maximum Gasteiger partial charge on any atom is 0.265 e. The number of alkyl halides is 2. The molecule has 2 heterocycles. The number of ether oxygens (including phenoxy) is 1. The zero-order chi connectivity index (χ0) is 28.2. The van der Waals surface area contributed by atoms with Crippen LogP contribution in [0.4, 0.5) is 20.2 Å². The third-order valence-electron chi connectivity index (χ3n) is 7.71. The maximum absolute atomic E-state index is 14.1. The Hall–Kier alpha value is -2.60. The maximum atomic E-state index is 14.1. The fourth-order valence-corrected chi connectivity index (χ4v) is 6.08. The summed E-state index contributed by atoms with van der Waals surface area (Å²) in [7, 11) is 0. The van der Waals surface area contributed by atoms with E-state index in [-0.39, 0.29) is 61.0 Å². The number of carbonyl (C=O) groups is 3. The van der Waals surface area contributed by atoms with Gasteiger partial charge in [-0.2, -0.15) is 0 Å². The predicted molar refractivity (Wildman–Crippen MR) is 150 cm³/mol. The monoisotopic (exact) mass is 594 g/mol. The summed E-state index contributed by atoms with van der Waals surface area (Å²) in [4.78, 5) is 42.7. The average molecular weight is 595 g/mol. The molecule has 2 aromatic rings. The summed E-state index contributed by atoms with van der Waals surface area (Å²) in [6.45, 7) is 1.84. The first-order valence-electron chi connectivity index (χ1n) is 13.7. The lowest BCUT2D eigenvalue weighted by Gasteiger charge is -2.37. The topological polar surface area (TPSA) is 91.0 Å². The first-order valence-corrected chi connectivity index (χ1v) is 14.9. The fourth-order valence-electron chi connectivity index (χ4n) is 5.12. The molecule has 2 N–H and O–H groups in total. The number of hydrogen-bond acceptors (Lipinski definition) is 6. The molecule has 3 amide bonds. The summed E-state index contributed by atoms with van der Waals surface area (Å²) in [6.07, 6.45) is 2.75. The first kappa shape index (κ1) is 28.9. The van der Waals surface area contributed by atoms with Crippen LogP contribution in [0, 0.1) is 11.8 Å². The standard InChI is InChI=1S/C28H33ClF2N4O4S/c29-24-9-8-23(40-24)28(38)32-13-22(34(15-18-4-5-18)14-17-2-1-3-17)27(37)33-19-6-7-21(20(12-19)26(30)31)35-10-11-39-16-25(35)36/h6-9,12,17-18,22,26H,1-5,10-11,13-16H2,(H,32,38)(H,33,37)/t22-/m0/s1. The van der Waals surface area contributed by atoms with E-state index >= 15 is 0 Å².